The number of carbonyl (C=O) groups excluding carboxylic acids is 1. The van der Waals surface area contributed by atoms with Crippen LogP contribution in [0.1, 0.15) is 19.8 Å². The van der Waals surface area contributed by atoms with Crippen LogP contribution >= 0.6 is 0 Å². The van der Waals surface area contributed by atoms with E-state index in [1.807, 2.05) is 6.92 Å². The Morgan fingerprint density at radius 2 is 2.30 bits per heavy atom. The summed E-state index contributed by atoms with van der Waals surface area (Å²) in [5, 5.41) is 14.7. The lowest BCUT2D eigenvalue weighted by Crippen LogP contribution is -2.35. The highest BCUT2D eigenvalue weighted by Gasteiger charge is 2.06. The molecule has 0 aliphatic carbocycles. The van der Waals surface area contributed by atoms with Gasteiger partial charge in [0.25, 0.3) is 0 Å². The minimum Gasteiger partial charge on any atom is -0.491 e. The van der Waals surface area contributed by atoms with Gasteiger partial charge in [0.2, 0.25) is 0 Å². The Morgan fingerprint density at radius 3 is 3.00 bits per heavy atom. The van der Waals surface area contributed by atoms with Crippen molar-refractivity contribution in [2.75, 3.05) is 25.1 Å². The fourth-order valence-corrected chi connectivity index (χ4v) is 1.64. The number of halogens is 1. The molecule has 0 fully saturated rings. The van der Waals surface area contributed by atoms with Crippen LogP contribution < -0.4 is 15.4 Å². The molecule has 5 nitrogen and oxygen atoms in total. The van der Waals surface area contributed by atoms with Crippen LogP contribution in [0.2, 0.25) is 0 Å². The van der Waals surface area contributed by atoms with E-state index in [9.17, 15) is 14.3 Å². The third kappa shape index (κ3) is 6.38. The number of carbonyl (C=O) groups is 1. The second-order valence-corrected chi connectivity index (χ2v) is 4.34. The van der Waals surface area contributed by atoms with Crippen LogP contribution in [0.4, 0.5) is 14.9 Å². The van der Waals surface area contributed by atoms with Gasteiger partial charge < -0.3 is 20.5 Å². The van der Waals surface area contributed by atoms with E-state index in [1.165, 1.54) is 0 Å². The standard InChI is InChI=1S/C14H21FN2O3/c1-2-4-12(18)10-16-14(19)17-11-5-3-6-13(9-11)20-8-7-15/h3,5-6,9,12,18H,2,4,7-8,10H2,1H3,(H2,16,17,19). The Kier molecular flexibility index (Phi) is 7.42. The molecule has 6 heteroatoms. The minimum absolute atomic E-state index is 0.0150. The lowest BCUT2D eigenvalue weighted by atomic mass is 10.2. The van der Waals surface area contributed by atoms with Crippen LogP contribution in [0.15, 0.2) is 24.3 Å². The highest BCUT2D eigenvalue weighted by molar-refractivity contribution is 5.89. The predicted molar refractivity (Wildman–Crippen MR) is 75.8 cm³/mol. The van der Waals surface area contributed by atoms with E-state index >= 15 is 0 Å². The number of ether oxygens (including phenoxy) is 1. The van der Waals surface area contributed by atoms with Crippen LogP contribution in [0.3, 0.4) is 0 Å². The van der Waals surface area contributed by atoms with Crippen molar-refractivity contribution in [2.24, 2.45) is 0 Å². The highest BCUT2D eigenvalue weighted by Crippen LogP contribution is 2.17. The maximum absolute atomic E-state index is 12.0. The van der Waals surface area contributed by atoms with Gasteiger partial charge in [-0.3, -0.25) is 0 Å². The molecule has 1 aromatic rings. The largest absolute Gasteiger partial charge is 0.491 e. The van der Waals surface area contributed by atoms with Crippen molar-refractivity contribution >= 4 is 11.7 Å². The van der Waals surface area contributed by atoms with E-state index in [0.717, 1.165) is 6.42 Å². The number of hydrogen-bond donors (Lipinski definition) is 3. The van der Waals surface area contributed by atoms with Gasteiger partial charge in [0.15, 0.2) is 0 Å². The summed E-state index contributed by atoms with van der Waals surface area (Å²) in [5.74, 6) is 0.492. The minimum atomic E-state index is -0.562. The lowest BCUT2D eigenvalue weighted by Gasteiger charge is -2.12. The summed E-state index contributed by atoms with van der Waals surface area (Å²) in [6.07, 6.45) is 0.968. The van der Waals surface area contributed by atoms with E-state index < -0.39 is 18.8 Å². The van der Waals surface area contributed by atoms with Crippen LogP contribution in [0, 0.1) is 0 Å². The Hall–Kier alpha value is -1.82. The normalized spacial score (nSPS) is 11.8. The van der Waals surface area contributed by atoms with Gasteiger partial charge in [-0.2, -0.15) is 0 Å². The first-order valence-electron chi connectivity index (χ1n) is 6.67. The first-order valence-corrected chi connectivity index (χ1v) is 6.67. The smallest absolute Gasteiger partial charge is 0.319 e. The molecule has 112 valence electrons. The molecule has 0 saturated carbocycles. The molecule has 20 heavy (non-hydrogen) atoms. The van der Waals surface area contributed by atoms with Gasteiger partial charge in [-0.05, 0) is 18.6 Å². The Balaban J connectivity index is 2.41. The molecule has 0 saturated heterocycles. The first-order chi connectivity index (χ1) is 9.65. The summed E-state index contributed by atoms with van der Waals surface area (Å²) in [5.41, 5.74) is 0.545. The molecular weight excluding hydrogens is 263 g/mol. The molecule has 1 unspecified atom stereocenters. The number of aliphatic hydroxyl groups is 1. The zero-order chi connectivity index (χ0) is 14.8. The van der Waals surface area contributed by atoms with E-state index in [0.29, 0.717) is 17.9 Å². The molecule has 1 atom stereocenters. The number of alkyl halides is 1. The third-order valence-electron chi connectivity index (χ3n) is 2.56. The van der Waals surface area contributed by atoms with E-state index in [2.05, 4.69) is 10.6 Å². The summed E-state index contributed by atoms with van der Waals surface area (Å²) < 4.78 is 17.1. The SMILES string of the molecule is CCCC(O)CNC(=O)Nc1cccc(OCCF)c1. The topological polar surface area (TPSA) is 70.6 Å². The fraction of sp³-hybridized carbons (Fsp3) is 0.500. The van der Waals surface area contributed by atoms with Gasteiger partial charge in [-0.25, -0.2) is 9.18 Å². The Bertz CT molecular complexity index is 415. The maximum Gasteiger partial charge on any atom is 0.319 e. The van der Waals surface area contributed by atoms with Crippen molar-refractivity contribution in [3.8, 4) is 5.75 Å². The number of hydrogen-bond acceptors (Lipinski definition) is 3. The number of amides is 2. The van der Waals surface area contributed by atoms with Crippen molar-refractivity contribution in [3.05, 3.63) is 24.3 Å². The van der Waals surface area contributed by atoms with E-state index in [-0.39, 0.29) is 13.2 Å². The van der Waals surface area contributed by atoms with Crippen LogP contribution in [0.25, 0.3) is 0 Å². The number of urea groups is 1. The molecular formula is C14H21FN2O3. The summed E-state index contributed by atoms with van der Waals surface area (Å²) in [4.78, 5) is 11.6. The Labute approximate surface area is 118 Å². The molecule has 1 aromatic carbocycles. The number of aliphatic hydroxyl groups excluding tert-OH is 1. The van der Waals surface area contributed by atoms with Crippen molar-refractivity contribution in [1.82, 2.24) is 5.32 Å². The second-order valence-electron chi connectivity index (χ2n) is 4.34. The van der Waals surface area contributed by atoms with Gasteiger partial charge in [0, 0.05) is 18.3 Å². The molecule has 0 bridgehead atoms. The molecule has 0 radical (unpaired) electrons. The average Bonchev–Trinajstić information content (AvgIpc) is 2.44. The number of benzene rings is 1. The molecule has 1 rings (SSSR count). The Morgan fingerprint density at radius 1 is 1.50 bits per heavy atom. The van der Waals surface area contributed by atoms with Crippen LogP contribution in [-0.2, 0) is 0 Å². The molecule has 0 aliphatic heterocycles. The molecule has 2 amide bonds. The van der Waals surface area contributed by atoms with Gasteiger partial charge in [-0.15, -0.1) is 0 Å². The summed E-state index contributed by atoms with van der Waals surface area (Å²) in [6, 6.07) is 6.30. The van der Waals surface area contributed by atoms with Crippen molar-refractivity contribution in [2.45, 2.75) is 25.9 Å². The monoisotopic (exact) mass is 284 g/mol. The van der Waals surface area contributed by atoms with Crippen molar-refractivity contribution in [3.63, 3.8) is 0 Å². The number of rotatable bonds is 8. The van der Waals surface area contributed by atoms with E-state index in [4.69, 9.17) is 4.74 Å². The molecule has 0 spiro atoms. The summed E-state index contributed by atoms with van der Waals surface area (Å²) in [7, 11) is 0. The van der Waals surface area contributed by atoms with Crippen LogP contribution in [-0.4, -0.2) is 37.1 Å². The second kappa shape index (κ2) is 9.14. The van der Waals surface area contributed by atoms with E-state index in [1.54, 1.807) is 24.3 Å². The molecule has 0 heterocycles. The van der Waals surface area contributed by atoms with Crippen molar-refractivity contribution < 1.29 is 19.0 Å². The van der Waals surface area contributed by atoms with Crippen molar-refractivity contribution in [1.29, 1.82) is 0 Å². The number of anilines is 1. The van der Waals surface area contributed by atoms with Gasteiger partial charge in [0.05, 0.1) is 6.10 Å². The van der Waals surface area contributed by atoms with Gasteiger partial charge >= 0.3 is 6.03 Å². The summed E-state index contributed by atoms with van der Waals surface area (Å²) in [6.45, 7) is 1.59. The zero-order valence-corrected chi connectivity index (χ0v) is 11.6. The molecule has 3 N–H and O–H groups in total. The average molecular weight is 284 g/mol. The zero-order valence-electron chi connectivity index (χ0n) is 11.6. The fourth-order valence-electron chi connectivity index (χ4n) is 1.64. The predicted octanol–water partition coefficient (Wildman–Crippen LogP) is 2.32. The first kappa shape index (κ1) is 16.2. The maximum atomic E-state index is 12.0. The lowest BCUT2D eigenvalue weighted by molar-refractivity contribution is 0.162. The van der Waals surface area contributed by atoms with Gasteiger partial charge in [0.1, 0.15) is 19.0 Å². The molecule has 0 aromatic heterocycles. The highest BCUT2D eigenvalue weighted by atomic mass is 19.1. The van der Waals surface area contributed by atoms with Gasteiger partial charge in [-0.1, -0.05) is 19.4 Å². The number of nitrogens with one attached hydrogen (secondary N) is 2. The molecule has 0 aliphatic rings. The van der Waals surface area contributed by atoms with Crippen LogP contribution in [0.5, 0.6) is 5.75 Å². The quantitative estimate of drug-likeness (QED) is 0.686. The third-order valence-corrected chi connectivity index (χ3v) is 2.56. The summed E-state index contributed by atoms with van der Waals surface area (Å²) >= 11 is 0.